The summed E-state index contributed by atoms with van der Waals surface area (Å²) in [4.78, 5) is 44.9. The van der Waals surface area contributed by atoms with Gasteiger partial charge in [-0.2, -0.15) is 0 Å². The average Bonchev–Trinajstić information content (AvgIpc) is 2.91. The van der Waals surface area contributed by atoms with E-state index in [1.807, 2.05) is 67.5 Å². The Morgan fingerprint density at radius 3 is 1.98 bits per heavy atom. The molecule has 2 aliphatic carbocycles. The van der Waals surface area contributed by atoms with Crippen molar-refractivity contribution in [2.75, 3.05) is 0 Å². The fraction of sp³-hybridized carbons (Fsp3) is 0.500. The second-order valence-corrected chi connectivity index (χ2v) is 13.9. The minimum Gasteiger partial charge on any atom is -0.508 e. The number of aliphatic hydroxyl groups excluding tert-OH is 1. The molecule has 2 N–H and O–H groups in total. The van der Waals surface area contributed by atoms with Crippen LogP contribution in [0.15, 0.2) is 76.4 Å². The zero-order chi connectivity index (χ0) is 32.3. The van der Waals surface area contributed by atoms with Crippen LogP contribution < -0.4 is 0 Å². The smallest absolute Gasteiger partial charge is 0.184 e. The molecule has 0 heterocycles. The second kappa shape index (κ2) is 13.0. The molecule has 0 aromatic heterocycles. The number of allylic oxidation sites excluding steroid dienone is 9. The molecule has 5 heteroatoms. The molecule has 232 valence electrons. The summed E-state index contributed by atoms with van der Waals surface area (Å²) < 4.78 is 0. The van der Waals surface area contributed by atoms with E-state index in [-0.39, 0.29) is 41.4 Å². The minimum absolute atomic E-state index is 0.0940. The summed E-state index contributed by atoms with van der Waals surface area (Å²) in [6.07, 6.45) is 10.7. The van der Waals surface area contributed by atoms with Gasteiger partial charge in [0, 0.05) is 5.56 Å². The van der Waals surface area contributed by atoms with Crippen molar-refractivity contribution in [3.63, 3.8) is 0 Å². The van der Waals surface area contributed by atoms with Crippen molar-refractivity contribution >= 4 is 23.1 Å². The Labute approximate surface area is 258 Å². The lowest BCUT2D eigenvalue weighted by molar-refractivity contribution is -0.178. The van der Waals surface area contributed by atoms with E-state index in [2.05, 4.69) is 19.1 Å². The van der Waals surface area contributed by atoms with Crippen molar-refractivity contribution in [2.45, 2.75) is 101 Å². The molecule has 1 aromatic carbocycles. The zero-order valence-electron chi connectivity index (χ0n) is 27.6. The predicted octanol–water partition coefficient (Wildman–Crippen LogP) is 9.20. The maximum Gasteiger partial charge on any atom is 0.184 e. The molecule has 5 nitrogen and oxygen atoms in total. The number of carbonyl (C=O) groups is 3. The lowest BCUT2D eigenvalue weighted by atomic mass is 9.37. The summed E-state index contributed by atoms with van der Waals surface area (Å²) in [6, 6.07) is 5.92. The van der Waals surface area contributed by atoms with Gasteiger partial charge in [0.05, 0.1) is 5.41 Å². The summed E-state index contributed by atoms with van der Waals surface area (Å²) in [6.45, 7) is 18.0. The second-order valence-electron chi connectivity index (χ2n) is 13.9. The third kappa shape index (κ3) is 6.27. The third-order valence-corrected chi connectivity index (χ3v) is 9.63. The van der Waals surface area contributed by atoms with E-state index in [9.17, 15) is 15.0 Å². The number of hydrogen-bond acceptors (Lipinski definition) is 5. The summed E-state index contributed by atoms with van der Waals surface area (Å²) in [7, 11) is 0. The molecule has 0 radical (unpaired) electrons. The highest BCUT2D eigenvalue weighted by atomic mass is 16.3. The van der Waals surface area contributed by atoms with Gasteiger partial charge in [-0.05, 0) is 117 Å². The molecule has 43 heavy (non-hydrogen) atoms. The van der Waals surface area contributed by atoms with Gasteiger partial charge in [-0.15, -0.1) is 0 Å². The first-order chi connectivity index (χ1) is 20.0. The number of ketones is 3. The Bertz CT molecular complexity index is 1430. The molecule has 2 bridgehead atoms. The van der Waals surface area contributed by atoms with E-state index >= 15 is 9.59 Å². The van der Waals surface area contributed by atoms with Gasteiger partial charge in [0.15, 0.2) is 17.3 Å². The lowest BCUT2D eigenvalue weighted by Gasteiger charge is -2.61. The number of carbonyl (C=O) groups excluding carboxylic acids is 3. The van der Waals surface area contributed by atoms with E-state index in [0.29, 0.717) is 25.7 Å². The van der Waals surface area contributed by atoms with Crippen LogP contribution in [0.4, 0.5) is 0 Å². The van der Waals surface area contributed by atoms with Crippen LogP contribution in [0.5, 0.6) is 5.75 Å². The number of fused-ring (bicyclic) bond motifs is 2. The molecule has 1 aromatic rings. The largest absolute Gasteiger partial charge is 0.508 e. The molecule has 0 amide bonds. The SMILES string of the molecule is CC(C)=CCC[C@@]1(C)[C@@H](CC=C(C)C)C[C@]2(CC=C(C)C)C(=O)/C(=C(/O)c3cccc(O)c3)C(=O)[C@]1(CC=C(C)C)C2=O. The zero-order valence-corrected chi connectivity index (χ0v) is 27.6. The monoisotopic (exact) mass is 586 g/mol. The highest BCUT2D eigenvalue weighted by Crippen LogP contribution is 2.67. The third-order valence-electron chi connectivity index (χ3n) is 9.63. The van der Waals surface area contributed by atoms with Crippen molar-refractivity contribution in [2.24, 2.45) is 22.2 Å². The number of phenolic OH excluding ortho intramolecular Hbond substituents is 1. The number of aliphatic hydroxyl groups is 1. The number of rotatable bonds is 10. The number of benzene rings is 1. The minimum atomic E-state index is -1.55. The number of hydrogen-bond donors (Lipinski definition) is 2. The van der Waals surface area contributed by atoms with Gasteiger partial charge in [-0.3, -0.25) is 14.4 Å². The van der Waals surface area contributed by atoms with E-state index in [1.165, 1.54) is 12.1 Å². The molecule has 0 saturated heterocycles. The first-order valence-electron chi connectivity index (χ1n) is 15.4. The predicted molar refractivity (Wildman–Crippen MR) is 175 cm³/mol. The van der Waals surface area contributed by atoms with E-state index in [1.54, 1.807) is 12.1 Å². The quantitative estimate of drug-likeness (QED) is 0.0937. The van der Waals surface area contributed by atoms with Crippen molar-refractivity contribution in [3.05, 3.63) is 82.0 Å². The highest BCUT2D eigenvalue weighted by Gasteiger charge is 2.74. The van der Waals surface area contributed by atoms with E-state index in [0.717, 1.165) is 22.3 Å². The van der Waals surface area contributed by atoms with Gasteiger partial charge in [-0.1, -0.05) is 65.7 Å². The Balaban J connectivity index is 2.50. The van der Waals surface area contributed by atoms with Crippen LogP contribution >= 0.6 is 0 Å². The van der Waals surface area contributed by atoms with Crippen molar-refractivity contribution in [3.8, 4) is 5.75 Å². The Morgan fingerprint density at radius 1 is 0.837 bits per heavy atom. The summed E-state index contributed by atoms with van der Waals surface area (Å²) >= 11 is 0. The van der Waals surface area contributed by atoms with Crippen LogP contribution in [-0.4, -0.2) is 27.6 Å². The average molecular weight is 587 g/mol. The summed E-state index contributed by atoms with van der Waals surface area (Å²) in [5, 5.41) is 21.8. The Morgan fingerprint density at radius 2 is 1.42 bits per heavy atom. The Hall–Kier alpha value is -3.47. The number of phenols is 1. The fourth-order valence-corrected chi connectivity index (χ4v) is 7.10. The van der Waals surface area contributed by atoms with Gasteiger partial charge < -0.3 is 10.2 Å². The molecule has 4 atom stereocenters. The number of Topliss-reactive ketones (excluding diaryl/α,β-unsaturated/α-hetero) is 3. The van der Waals surface area contributed by atoms with Crippen molar-refractivity contribution in [1.82, 2.24) is 0 Å². The molecular formula is C38H50O5. The first-order valence-corrected chi connectivity index (χ1v) is 15.4. The van der Waals surface area contributed by atoms with Crippen LogP contribution in [0.3, 0.4) is 0 Å². The molecule has 0 aliphatic heterocycles. The van der Waals surface area contributed by atoms with E-state index < -0.39 is 33.6 Å². The molecular weight excluding hydrogens is 536 g/mol. The summed E-state index contributed by atoms with van der Waals surface area (Å²) in [5.74, 6) is -2.22. The van der Waals surface area contributed by atoms with Gasteiger partial charge in [0.1, 0.15) is 22.5 Å². The maximum atomic E-state index is 15.2. The lowest BCUT2D eigenvalue weighted by Crippen LogP contribution is -2.70. The fourth-order valence-electron chi connectivity index (χ4n) is 7.10. The topological polar surface area (TPSA) is 91.7 Å². The first kappa shape index (κ1) is 34.0. The van der Waals surface area contributed by atoms with Crippen molar-refractivity contribution in [1.29, 1.82) is 0 Å². The normalized spacial score (nSPS) is 27.7. The molecule has 0 spiro atoms. The molecule has 0 unspecified atom stereocenters. The van der Waals surface area contributed by atoms with E-state index in [4.69, 9.17) is 0 Å². The number of aromatic hydroxyl groups is 1. The van der Waals surface area contributed by atoms with Crippen LogP contribution in [0.1, 0.15) is 106 Å². The van der Waals surface area contributed by atoms with Gasteiger partial charge >= 0.3 is 0 Å². The van der Waals surface area contributed by atoms with Crippen molar-refractivity contribution < 1.29 is 24.6 Å². The molecule has 3 rings (SSSR count). The summed E-state index contributed by atoms with van der Waals surface area (Å²) in [5.41, 5.74) is 0.267. The Kier molecular flexibility index (Phi) is 10.3. The molecule has 2 aliphatic rings. The standard InChI is InChI=1S/C38H50O5/c1-24(2)12-11-19-36(9)29(16-15-25(3)4)23-37(20-17-26(5)6)33(41)31(32(40)28-13-10-14-30(39)22-28)34(42)38(36,35(37)43)21-18-27(7)8/h10,12-15,17-18,22,29,39-40H,11,16,19-21,23H2,1-9H3/b32-31-/t29-,36-,37+,38+/m0/s1. The van der Waals surface area contributed by atoms with Gasteiger partial charge in [-0.25, -0.2) is 0 Å². The molecule has 2 fully saturated rings. The molecule has 2 saturated carbocycles. The van der Waals surface area contributed by atoms with Crippen LogP contribution in [0.2, 0.25) is 0 Å². The highest BCUT2D eigenvalue weighted by molar-refractivity contribution is 6.41. The van der Waals surface area contributed by atoms with Crippen LogP contribution in [0, 0.1) is 22.2 Å². The van der Waals surface area contributed by atoms with Gasteiger partial charge in [0.25, 0.3) is 0 Å². The maximum absolute atomic E-state index is 15.2. The van der Waals surface area contributed by atoms with Gasteiger partial charge in [0.2, 0.25) is 0 Å². The van der Waals surface area contributed by atoms with Crippen LogP contribution in [-0.2, 0) is 14.4 Å². The van der Waals surface area contributed by atoms with Crippen LogP contribution in [0.25, 0.3) is 5.76 Å².